The summed E-state index contributed by atoms with van der Waals surface area (Å²) in [4.78, 5) is 28.3. The van der Waals surface area contributed by atoms with Gasteiger partial charge in [-0.05, 0) is 30.5 Å². The van der Waals surface area contributed by atoms with E-state index in [0.29, 0.717) is 19.5 Å². The molecule has 2 aliphatic heterocycles. The fourth-order valence-electron chi connectivity index (χ4n) is 3.28. The van der Waals surface area contributed by atoms with Gasteiger partial charge in [-0.1, -0.05) is 19.1 Å². The average Bonchev–Trinajstić information content (AvgIpc) is 3.13. The highest BCUT2D eigenvalue weighted by Crippen LogP contribution is 2.27. The third-order valence-corrected chi connectivity index (χ3v) is 4.67. The Balaban J connectivity index is 1.68. The van der Waals surface area contributed by atoms with Crippen LogP contribution in [-0.2, 0) is 16.0 Å². The van der Waals surface area contributed by atoms with Gasteiger partial charge in [-0.2, -0.15) is 0 Å². The number of hydrogen-bond acceptors (Lipinski definition) is 3. The van der Waals surface area contributed by atoms with Crippen molar-refractivity contribution in [1.29, 1.82) is 0 Å². The first-order chi connectivity index (χ1) is 10.6. The fourth-order valence-corrected chi connectivity index (χ4v) is 3.28. The molecule has 0 spiro atoms. The molecule has 0 saturated carbocycles. The summed E-state index contributed by atoms with van der Waals surface area (Å²) < 4.78 is 0. The Bertz CT molecular complexity index is 570. The van der Waals surface area contributed by atoms with E-state index in [1.807, 2.05) is 29.2 Å². The van der Waals surface area contributed by atoms with Gasteiger partial charge < -0.3 is 15.5 Å². The highest BCUT2D eigenvalue weighted by atomic mass is 16.2. The van der Waals surface area contributed by atoms with Crippen LogP contribution in [0.3, 0.4) is 0 Å². The third kappa shape index (κ3) is 2.86. The second-order valence-corrected chi connectivity index (χ2v) is 6.26. The van der Waals surface area contributed by atoms with Crippen LogP contribution in [-0.4, -0.2) is 42.4 Å². The highest BCUT2D eigenvalue weighted by molar-refractivity contribution is 6.00. The zero-order valence-corrected chi connectivity index (χ0v) is 13.0. The third-order valence-electron chi connectivity index (χ3n) is 4.67. The van der Waals surface area contributed by atoms with Crippen LogP contribution in [0.25, 0.3) is 0 Å². The van der Waals surface area contributed by atoms with E-state index in [9.17, 15) is 9.59 Å². The van der Waals surface area contributed by atoms with Gasteiger partial charge in [0, 0.05) is 37.8 Å². The zero-order valence-electron chi connectivity index (χ0n) is 13.0. The molecule has 1 aromatic carbocycles. The summed E-state index contributed by atoms with van der Waals surface area (Å²) in [5.74, 6) is -0.122. The van der Waals surface area contributed by atoms with Crippen LogP contribution in [0.4, 0.5) is 5.69 Å². The number of nitrogens with two attached hydrogens (primary N) is 1. The van der Waals surface area contributed by atoms with Gasteiger partial charge in [-0.25, -0.2) is 0 Å². The predicted octanol–water partition coefficient (Wildman–Crippen LogP) is 1.16. The molecule has 0 radical (unpaired) electrons. The molecule has 118 valence electrons. The van der Waals surface area contributed by atoms with Gasteiger partial charge in [0.15, 0.2) is 0 Å². The second kappa shape index (κ2) is 6.08. The van der Waals surface area contributed by atoms with Crippen molar-refractivity contribution in [2.75, 3.05) is 24.5 Å². The predicted molar refractivity (Wildman–Crippen MR) is 85.5 cm³/mol. The first-order valence-corrected chi connectivity index (χ1v) is 8.02. The van der Waals surface area contributed by atoms with E-state index in [-0.39, 0.29) is 23.8 Å². The van der Waals surface area contributed by atoms with E-state index in [0.717, 1.165) is 25.1 Å². The number of hydrogen-bond donors (Lipinski definition) is 1. The van der Waals surface area contributed by atoms with Crippen LogP contribution in [0.15, 0.2) is 24.3 Å². The number of carbonyl (C=O) groups is 2. The van der Waals surface area contributed by atoms with Crippen LogP contribution < -0.4 is 10.6 Å². The van der Waals surface area contributed by atoms with E-state index in [2.05, 4.69) is 6.92 Å². The number of amides is 2. The molecular formula is C17H23N3O2. The second-order valence-electron chi connectivity index (χ2n) is 6.26. The van der Waals surface area contributed by atoms with Crippen LogP contribution >= 0.6 is 0 Å². The highest BCUT2D eigenvalue weighted by Gasteiger charge is 2.38. The van der Waals surface area contributed by atoms with Crippen molar-refractivity contribution in [1.82, 2.24) is 4.90 Å². The van der Waals surface area contributed by atoms with Crippen LogP contribution in [0.1, 0.15) is 25.3 Å². The fraction of sp³-hybridized carbons (Fsp3) is 0.529. The molecule has 2 aliphatic rings. The van der Waals surface area contributed by atoms with Crippen molar-refractivity contribution in [3.8, 4) is 0 Å². The van der Waals surface area contributed by atoms with Crippen LogP contribution in [0.2, 0.25) is 0 Å². The number of carbonyl (C=O) groups excluding carboxylic acids is 2. The number of rotatable bonds is 3. The summed E-state index contributed by atoms with van der Waals surface area (Å²) in [6.07, 6.45) is 2.14. The molecule has 0 aromatic heterocycles. The lowest BCUT2D eigenvalue weighted by Crippen LogP contribution is -2.37. The maximum atomic E-state index is 12.5. The maximum absolute atomic E-state index is 12.5. The Morgan fingerprint density at radius 3 is 2.59 bits per heavy atom. The lowest BCUT2D eigenvalue weighted by Gasteiger charge is -2.21. The summed E-state index contributed by atoms with van der Waals surface area (Å²) in [7, 11) is 0. The molecule has 2 N–H and O–H groups in total. The minimum Gasteiger partial charge on any atom is -0.341 e. The zero-order chi connectivity index (χ0) is 15.7. The standard InChI is InChI=1S/C17H23N3O2/c1-2-12-3-5-15(6-4-12)20-10-13(9-16(20)21)17(22)19-8-7-14(18)11-19/h3-6,13-14H,2,7-11,18H2,1H3/t13?,14-/m1/s1. The van der Waals surface area contributed by atoms with Gasteiger partial charge in [0.25, 0.3) is 0 Å². The summed E-state index contributed by atoms with van der Waals surface area (Å²) in [5, 5.41) is 0. The Hall–Kier alpha value is -1.88. The molecule has 5 heteroatoms. The first kappa shape index (κ1) is 15.0. The monoisotopic (exact) mass is 301 g/mol. The van der Waals surface area contributed by atoms with Crippen molar-refractivity contribution < 1.29 is 9.59 Å². The summed E-state index contributed by atoms with van der Waals surface area (Å²) in [6, 6.07) is 8.10. The van der Waals surface area contributed by atoms with Crippen molar-refractivity contribution in [2.45, 2.75) is 32.2 Å². The topological polar surface area (TPSA) is 66.6 Å². The van der Waals surface area contributed by atoms with Gasteiger partial charge in [-0.3, -0.25) is 9.59 Å². The lowest BCUT2D eigenvalue weighted by molar-refractivity contribution is -0.134. The largest absolute Gasteiger partial charge is 0.341 e. The average molecular weight is 301 g/mol. The molecule has 22 heavy (non-hydrogen) atoms. The van der Waals surface area contributed by atoms with Crippen molar-refractivity contribution in [3.05, 3.63) is 29.8 Å². The molecule has 2 saturated heterocycles. The minimum atomic E-state index is -0.233. The molecule has 0 bridgehead atoms. The molecule has 2 amide bonds. The number of anilines is 1. The summed E-state index contributed by atoms with van der Waals surface area (Å²) in [5.41, 5.74) is 7.99. The molecule has 1 unspecified atom stereocenters. The normalized spacial score (nSPS) is 25.1. The number of aryl methyl sites for hydroxylation is 1. The Morgan fingerprint density at radius 2 is 2.00 bits per heavy atom. The SMILES string of the molecule is CCc1ccc(N2CC(C(=O)N3CC[C@@H](N)C3)CC2=O)cc1. The molecule has 3 rings (SSSR count). The van der Waals surface area contributed by atoms with E-state index in [4.69, 9.17) is 5.73 Å². The minimum absolute atomic E-state index is 0.0334. The smallest absolute Gasteiger partial charge is 0.228 e. The molecule has 0 aliphatic carbocycles. The van der Waals surface area contributed by atoms with Gasteiger partial charge in [0.05, 0.1) is 5.92 Å². The Kier molecular flexibility index (Phi) is 4.16. The number of benzene rings is 1. The van der Waals surface area contributed by atoms with Gasteiger partial charge in [0.1, 0.15) is 0 Å². The molecular weight excluding hydrogens is 278 g/mol. The van der Waals surface area contributed by atoms with Crippen molar-refractivity contribution >= 4 is 17.5 Å². The van der Waals surface area contributed by atoms with Gasteiger partial charge in [0.2, 0.25) is 11.8 Å². The van der Waals surface area contributed by atoms with E-state index < -0.39 is 0 Å². The summed E-state index contributed by atoms with van der Waals surface area (Å²) in [6.45, 7) is 3.92. The Morgan fingerprint density at radius 1 is 1.27 bits per heavy atom. The molecule has 5 nitrogen and oxygen atoms in total. The van der Waals surface area contributed by atoms with Gasteiger partial charge in [-0.15, -0.1) is 0 Å². The first-order valence-electron chi connectivity index (χ1n) is 8.02. The number of likely N-dealkylation sites (tertiary alicyclic amines) is 1. The maximum Gasteiger partial charge on any atom is 0.228 e. The van der Waals surface area contributed by atoms with Crippen molar-refractivity contribution in [3.63, 3.8) is 0 Å². The van der Waals surface area contributed by atoms with Gasteiger partial charge >= 0.3 is 0 Å². The molecule has 2 heterocycles. The number of nitrogens with zero attached hydrogens (tertiary/aromatic N) is 2. The molecule has 2 fully saturated rings. The Labute approximate surface area is 131 Å². The van der Waals surface area contributed by atoms with E-state index >= 15 is 0 Å². The van der Waals surface area contributed by atoms with E-state index in [1.54, 1.807) is 4.90 Å². The molecule has 2 atom stereocenters. The van der Waals surface area contributed by atoms with Crippen LogP contribution in [0.5, 0.6) is 0 Å². The molecule has 1 aromatic rings. The lowest BCUT2D eigenvalue weighted by atomic mass is 10.1. The van der Waals surface area contributed by atoms with Crippen LogP contribution in [0, 0.1) is 5.92 Å². The van der Waals surface area contributed by atoms with E-state index in [1.165, 1.54) is 5.56 Å². The summed E-state index contributed by atoms with van der Waals surface area (Å²) >= 11 is 0. The van der Waals surface area contributed by atoms with Crippen molar-refractivity contribution in [2.24, 2.45) is 11.7 Å². The quantitative estimate of drug-likeness (QED) is 0.911.